The van der Waals surface area contributed by atoms with Gasteiger partial charge in [0.1, 0.15) is 18.3 Å². The van der Waals surface area contributed by atoms with Crippen molar-refractivity contribution in [2.24, 2.45) is 0 Å². The number of ketones is 1. The number of carboxylic acid groups (broad SMARTS) is 2. The van der Waals surface area contributed by atoms with Crippen molar-refractivity contribution in [3.63, 3.8) is 0 Å². The Balaban J connectivity index is 0.00000613. The lowest BCUT2D eigenvalue weighted by molar-refractivity contribution is -0.141. The van der Waals surface area contributed by atoms with Gasteiger partial charge in [-0.15, -0.1) is 0 Å². The average Bonchev–Trinajstić information content (AvgIpc) is 3.09. The van der Waals surface area contributed by atoms with Gasteiger partial charge in [0, 0.05) is 56.8 Å². The van der Waals surface area contributed by atoms with Crippen LogP contribution in [0.3, 0.4) is 0 Å². The van der Waals surface area contributed by atoms with Crippen molar-refractivity contribution < 1.29 is 53.8 Å². The first-order chi connectivity index (χ1) is 24.1. The highest BCUT2D eigenvalue weighted by Gasteiger charge is 2.26. The van der Waals surface area contributed by atoms with Crippen LogP contribution in [0.5, 0.6) is 5.75 Å². The Hall–Kier alpha value is -3.72. The van der Waals surface area contributed by atoms with E-state index in [2.05, 4.69) is 0 Å². The second-order valence-corrected chi connectivity index (χ2v) is 11.9. The number of aliphatic hydroxyl groups is 2. The number of benzene rings is 2. The van der Waals surface area contributed by atoms with Gasteiger partial charge < -0.3 is 39.4 Å². The van der Waals surface area contributed by atoms with Gasteiger partial charge in [0.15, 0.2) is 0 Å². The number of hydrogen-bond donors (Lipinski definition) is 4. The Morgan fingerprint density at radius 1 is 0.800 bits per heavy atom. The number of carbonyl (C=O) groups excluding carboxylic acids is 2. The SMILES string of the molecule is C=O.CCOc1c(CO)cccc1CN(CC(=O)O)CC(CCCCCC(=O)CCOCCOC)N(CC(=O)O)Cc1cccc(CO)c1C. The minimum Gasteiger partial charge on any atom is -0.493 e. The molecule has 13 heteroatoms. The predicted octanol–water partition coefficient (Wildman–Crippen LogP) is 3.61. The fourth-order valence-electron chi connectivity index (χ4n) is 5.74. The van der Waals surface area contributed by atoms with Gasteiger partial charge in [-0.25, -0.2) is 0 Å². The smallest absolute Gasteiger partial charge is 0.317 e. The standard InChI is InChI=1S/C36H54N2O10.CH2O/c1-4-48-36-29(11-9-13-31(36)26-40)20-37(23-34(42)43)22-32(14-6-5-7-15-33(41)16-17-47-19-18-46-3)38(24-35(44)45)21-28-10-8-12-30(25-39)27(28)2;1-2/h8-13,32,39-40H,4-7,14-26H2,1-3H3,(H,42,43)(H,44,45);1H2. The van der Waals surface area contributed by atoms with Crippen molar-refractivity contribution in [2.45, 2.75) is 84.7 Å². The summed E-state index contributed by atoms with van der Waals surface area (Å²) in [6.45, 7) is 7.24. The number of para-hydroxylation sites is 1. The number of aliphatic carboxylic acids is 2. The van der Waals surface area contributed by atoms with Crippen LogP contribution >= 0.6 is 0 Å². The van der Waals surface area contributed by atoms with E-state index >= 15 is 0 Å². The number of ether oxygens (including phenoxy) is 3. The summed E-state index contributed by atoms with van der Waals surface area (Å²) in [6, 6.07) is 10.6. The van der Waals surface area contributed by atoms with E-state index in [9.17, 15) is 34.8 Å². The van der Waals surface area contributed by atoms with Crippen molar-refractivity contribution in [3.05, 3.63) is 64.2 Å². The van der Waals surface area contributed by atoms with Crippen LogP contribution in [0.4, 0.5) is 0 Å². The molecule has 0 aliphatic heterocycles. The summed E-state index contributed by atoms with van der Waals surface area (Å²) in [6.07, 6.45) is 3.49. The Morgan fingerprint density at radius 2 is 1.44 bits per heavy atom. The number of unbranched alkanes of at least 4 members (excludes halogenated alkanes) is 2. The number of hydrogen-bond acceptors (Lipinski definition) is 11. The molecule has 50 heavy (non-hydrogen) atoms. The van der Waals surface area contributed by atoms with E-state index in [0.29, 0.717) is 76.4 Å². The molecule has 13 nitrogen and oxygen atoms in total. The summed E-state index contributed by atoms with van der Waals surface area (Å²) in [7, 11) is 1.59. The minimum atomic E-state index is -1.02. The maximum absolute atomic E-state index is 12.3. The molecule has 1 unspecified atom stereocenters. The third-order valence-electron chi connectivity index (χ3n) is 8.27. The lowest BCUT2D eigenvalue weighted by Gasteiger charge is -2.35. The van der Waals surface area contributed by atoms with Crippen LogP contribution in [-0.2, 0) is 55.0 Å². The van der Waals surface area contributed by atoms with Crippen LogP contribution in [0.1, 0.15) is 73.3 Å². The van der Waals surface area contributed by atoms with Gasteiger partial charge in [0.05, 0.1) is 52.7 Å². The molecule has 0 radical (unpaired) electrons. The molecule has 280 valence electrons. The molecule has 0 saturated heterocycles. The first-order valence-electron chi connectivity index (χ1n) is 16.9. The molecule has 0 saturated carbocycles. The molecule has 4 N–H and O–H groups in total. The molecule has 0 bridgehead atoms. The van der Waals surface area contributed by atoms with E-state index in [1.165, 1.54) is 0 Å². The molecule has 0 heterocycles. The lowest BCUT2D eigenvalue weighted by Crippen LogP contribution is -2.47. The summed E-state index contributed by atoms with van der Waals surface area (Å²) in [5, 5.41) is 39.6. The van der Waals surface area contributed by atoms with E-state index in [1.54, 1.807) is 24.1 Å². The summed E-state index contributed by atoms with van der Waals surface area (Å²) in [5.41, 5.74) is 3.84. The van der Waals surface area contributed by atoms with Gasteiger partial charge in [-0.2, -0.15) is 0 Å². The number of rotatable bonds is 27. The Bertz CT molecular complexity index is 1290. The van der Waals surface area contributed by atoms with E-state index in [4.69, 9.17) is 19.0 Å². The zero-order valence-corrected chi connectivity index (χ0v) is 29.8. The second kappa shape index (κ2) is 26.1. The quantitative estimate of drug-likeness (QED) is 0.0991. The van der Waals surface area contributed by atoms with Crippen LogP contribution in [0.2, 0.25) is 0 Å². The Kier molecular flexibility index (Phi) is 23.2. The fourth-order valence-corrected chi connectivity index (χ4v) is 5.74. The molecule has 0 aromatic heterocycles. The highest BCUT2D eigenvalue weighted by Crippen LogP contribution is 2.27. The second-order valence-electron chi connectivity index (χ2n) is 11.9. The molecule has 0 aliphatic rings. The van der Waals surface area contributed by atoms with Gasteiger partial charge in [-0.1, -0.05) is 49.2 Å². The summed E-state index contributed by atoms with van der Waals surface area (Å²) >= 11 is 0. The average molecular weight is 705 g/mol. The van der Waals surface area contributed by atoms with Crippen LogP contribution in [0.25, 0.3) is 0 Å². The Labute approximate surface area is 295 Å². The summed E-state index contributed by atoms with van der Waals surface area (Å²) < 4.78 is 16.2. The topological polar surface area (TPSA) is 183 Å². The van der Waals surface area contributed by atoms with E-state index in [1.807, 2.05) is 49.8 Å². The zero-order chi connectivity index (χ0) is 37.3. The summed E-state index contributed by atoms with van der Waals surface area (Å²) in [5.74, 6) is -1.39. The molecule has 0 fully saturated rings. The van der Waals surface area contributed by atoms with E-state index < -0.39 is 11.9 Å². The molecule has 2 aromatic carbocycles. The lowest BCUT2D eigenvalue weighted by atomic mass is 9.99. The zero-order valence-electron chi connectivity index (χ0n) is 29.8. The number of aliphatic hydroxyl groups excluding tert-OH is 2. The molecule has 2 aromatic rings. The van der Waals surface area contributed by atoms with Crippen LogP contribution < -0.4 is 4.74 Å². The van der Waals surface area contributed by atoms with Gasteiger partial charge in [0.2, 0.25) is 0 Å². The van der Waals surface area contributed by atoms with Crippen LogP contribution in [0.15, 0.2) is 36.4 Å². The van der Waals surface area contributed by atoms with Gasteiger partial charge in [-0.3, -0.25) is 24.2 Å². The van der Waals surface area contributed by atoms with Crippen molar-refractivity contribution in [3.8, 4) is 5.75 Å². The van der Waals surface area contributed by atoms with Crippen LogP contribution in [-0.4, -0.2) is 114 Å². The molecule has 0 aliphatic carbocycles. The maximum Gasteiger partial charge on any atom is 0.317 e. The highest BCUT2D eigenvalue weighted by molar-refractivity contribution is 5.78. The fraction of sp³-hybridized carbons (Fsp3) is 0.568. The van der Waals surface area contributed by atoms with E-state index in [-0.39, 0.29) is 51.2 Å². The third-order valence-corrected chi connectivity index (χ3v) is 8.27. The van der Waals surface area contributed by atoms with Gasteiger partial charge in [-0.05, 0) is 43.4 Å². The molecule has 2 rings (SSSR count). The van der Waals surface area contributed by atoms with Crippen LogP contribution in [0, 0.1) is 6.92 Å². The minimum absolute atomic E-state index is 0.124. The van der Waals surface area contributed by atoms with Gasteiger partial charge >= 0.3 is 11.9 Å². The Morgan fingerprint density at radius 3 is 2.06 bits per heavy atom. The number of carbonyl (C=O) groups is 4. The van der Waals surface area contributed by atoms with Crippen molar-refractivity contribution >= 4 is 24.5 Å². The van der Waals surface area contributed by atoms with E-state index in [0.717, 1.165) is 28.7 Å². The molecular weight excluding hydrogens is 648 g/mol. The maximum atomic E-state index is 12.3. The van der Waals surface area contributed by atoms with Crippen molar-refractivity contribution in [1.29, 1.82) is 0 Å². The molecule has 0 amide bonds. The molecule has 1 atom stereocenters. The predicted molar refractivity (Wildman–Crippen MR) is 188 cm³/mol. The van der Waals surface area contributed by atoms with Gasteiger partial charge in [0.25, 0.3) is 0 Å². The number of methoxy groups -OCH3 is 1. The number of nitrogens with zero attached hydrogens (tertiary/aromatic N) is 2. The van der Waals surface area contributed by atoms with Crippen molar-refractivity contribution in [2.75, 3.05) is 53.2 Å². The molecular formula is C37H56N2O11. The normalized spacial score (nSPS) is 11.7. The monoisotopic (exact) mass is 704 g/mol. The highest BCUT2D eigenvalue weighted by atomic mass is 16.5. The largest absolute Gasteiger partial charge is 0.493 e. The first kappa shape index (κ1) is 44.3. The first-order valence-corrected chi connectivity index (χ1v) is 16.9. The third kappa shape index (κ3) is 16.8. The number of carboxylic acids is 2. The summed E-state index contributed by atoms with van der Waals surface area (Å²) in [4.78, 5) is 48.2. The van der Waals surface area contributed by atoms with Crippen molar-refractivity contribution in [1.82, 2.24) is 9.80 Å². The number of Topliss-reactive ketones (excluding diaryl/α,β-unsaturated/α-hetero) is 1. The molecule has 0 spiro atoms.